The number of aliphatic hydroxyl groups is 1. The maximum Gasteiger partial charge on any atom is 0.472 e. The van der Waals surface area contributed by atoms with Gasteiger partial charge >= 0.3 is 39.5 Å². The normalized spacial score (nSPS) is 13.8. The first-order valence-electron chi connectivity index (χ1n) is 44.6. The van der Waals surface area contributed by atoms with Gasteiger partial charge in [0.25, 0.3) is 0 Å². The van der Waals surface area contributed by atoms with Crippen LogP contribution in [-0.4, -0.2) is 96.7 Å². The predicted octanol–water partition coefficient (Wildman–Crippen LogP) is 26.4. The number of phosphoric acid groups is 2. The molecule has 0 aromatic rings. The van der Waals surface area contributed by atoms with Crippen molar-refractivity contribution < 1.29 is 80.2 Å². The van der Waals surface area contributed by atoms with Crippen LogP contribution in [-0.2, 0) is 65.4 Å². The van der Waals surface area contributed by atoms with Crippen molar-refractivity contribution in [3.8, 4) is 0 Å². The van der Waals surface area contributed by atoms with Gasteiger partial charge in [-0.3, -0.25) is 37.3 Å². The molecule has 0 aliphatic heterocycles. The zero-order valence-electron chi connectivity index (χ0n) is 68.9. The molecule has 105 heavy (non-hydrogen) atoms. The molecule has 0 rings (SSSR count). The van der Waals surface area contributed by atoms with Crippen LogP contribution in [0.4, 0.5) is 0 Å². The molecule has 0 aromatic heterocycles. The number of unbranched alkanes of at least 4 members (excludes halogenated alkanes) is 58. The van der Waals surface area contributed by atoms with Crippen LogP contribution in [0.2, 0.25) is 0 Å². The van der Waals surface area contributed by atoms with E-state index in [1.54, 1.807) is 0 Å². The molecule has 0 saturated heterocycles. The standard InChI is InChI=1S/C86H168O17P2/c1-6-9-12-15-18-21-24-27-30-32-34-35-36-38-40-43-46-51-57-62-67-72-86(91)102-81(75-96-83(88)69-64-59-54-49-44-42-39-37-33-31-28-25-22-19-16-13-10-7-2)77-100-104(92,93)98-73-80(87)74-99-105(94,95)101-78-82(76-97-84(89)70-65-60-55-52-47-48-53-58-63-68-79(4)5)103-85(90)71-66-61-56-50-45-41-29-26-23-20-17-14-11-8-3/h79-82,87H,6-78H2,1-5H3,(H,92,93)(H,94,95)/t80-,81-,82-/m1/s1. The quantitative estimate of drug-likeness (QED) is 0.0222. The van der Waals surface area contributed by atoms with Crippen LogP contribution in [0.15, 0.2) is 0 Å². The molecule has 0 radical (unpaired) electrons. The van der Waals surface area contributed by atoms with Gasteiger partial charge in [-0.1, -0.05) is 413 Å². The molecule has 0 bridgehead atoms. The average Bonchev–Trinajstić information content (AvgIpc) is 0.910. The second-order valence-electron chi connectivity index (χ2n) is 31.4. The summed E-state index contributed by atoms with van der Waals surface area (Å²) in [5.74, 6) is -1.36. The van der Waals surface area contributed by atoms with Crippen molar-refractivity contribution in [3.63, 3.8) is 0 Å². The molecular formula is C86H168O17P2. The lowest BCUT2D eigenvalue weighted by atomic mass is 10.0. The molecule has 0 fully saturated rings. The Morgan fingerprint density at radius 1 is 0.257 bits per heavy atom. The summed E-state index contributed by atoms with van der Waals surface area (Å²) < 4.78 is 68.9. The largest absolute Gasteiger partial charge is 0.472 e. The van der Waals surface area contributed by atoms with E-state index < -0.39 is 97.5 Å². The first-order chi connectivity index (χ1) is 51.0. The van der Waals surface area contributed by atoms with Crippen LogP contribution in [0.1, 0.15) is 465 Å². The highest BCUT2D eigenvalue weighted by Gasteiger charge is 2.30. The highest BCUT2D eigenvalue weighted by Crippen LogP contribution is 2.45. The number of aliphatic hydroxyl groups excluding tert-OH is 1. The Kier molecular flexibility index (Phi) is 77.3. The number of rotatable bonds is 86. The van der Waals surface area contributed by atoms with Gasteiger partial charge in [-0.2, -0.15) is 0 Å². The minimum atomic E-state index is -4.97. The van der Waals surface area contributed by atoms with Gasteiger partial charge in [-0.05, 0) is 31.6 Å². The number of hydrogen-bond donors (Lipinski definition) is 3. The predicted molar refractivity (Wildman–Crippen MR) is 432 cm³/mol. The number of carbonyl (C=O) groups excluding carboxylic acids is 4. The highest BCUT2D eigenvalue weighted by atomic mass is 31.2. The van der Waals surface area contributed by atoms with Crippen molar-refractivity contribution in [3.05, 3.63) is 0 Å². The summed E-state index contributed by atoms with van der Waals surface area (Å²) in [6.07, 6.45) is 72.2. The van der Waals surface area contributed by atoms with Crippen molar-refractivity contribution in [1.82, 2.24) is 0 Å². The fourth-order valence-corrected chi connectivity index (χ4v) is 15.1. The molecule has 5 atom stereocenters. The Labute approximate surface area is 645 Å². The minimum absolute atomic E-state index is 0.108. The second-order valence-corrected chi connectivity index (χ2v) is 34.3. The van der Waals surface area contributed by atoms with Crippen LogP contribution in [0, 0.1) is 5.92 Å². The van der Waals surface area contributed by atoms with Gasteiger partial charge < -0.3 is 33.8 Å². The van der Waals surface area contributed by atoms with Gasteiger partial charge in [0.15, 0.2) is 12.2 Å². The zero-order valence-corrected chi connectivity index (χ0v) is 70.7. The second kappa shape index (κ2) is 78.7. The SMILES string of the molecule is CCCCCCCCCCCCCCCCCCCCCCCC(=O)O[C@H](COC(=O)CCCCCCCCCCCCCCCCCCCC)COP(=O)(O)OC[C@@H](O)COP(=O)(O)OC[C@@H](COC(=O)CCCCCCCCCCCC(C)C)OC(=O)CCCCCCCCCCCCCCCC. The van der Waals surface area contributed by atoms with Crippen molar-refractivity contribution in [2.75, 3.05) is 39.6 Å². The number of phosphoric ester groups is 2. The molecular weight excluding hydrogens is 1370 g/mol. The Balaban J connectivity index is 5.24. The van der Waals surface area contributed by atoms with Crippen LogP contribution >= 0.6 is 15.6 Å². The summed E-state index contributed by atoms with van der Waals surface area (Å²) >= 11 is 0. The fraction of sp³-hybridized carbons (Fsp3) is 0.953. The Morgan fingerprint density at radius 2 is 0.438 bits per heavy atom. The number of esters is 4. The Morgan fingerprint density at radius 3 is 0.648 bits per heavy atom. The first-order valence-corrected chi connectivity index (χ1v) is 47.6. The Hall–Kier alpha value is -1.94. The summed E-state index contributed by atoms with van der Waals surface area (Å²) in [7, 11) is -9.93. The van der Waals surface area contributed by atoms with E-state index in [1.807, 2.05) is 0 Å². The Bertz CT molecular complexity index is 2000. The molecule has 0 saturated carbocycles. The summed E-state index contributed by atoms with van der Waals surface area (Å²) in [4.78, 5) is 73.2. The molecule has 0 aromatic carbocycles. The summed E-state index contributed by atoms with van der Waals surface area (Å²) in [5, 5.41) is 10.7. The lowest BCUT2D eigenvalue weighted by Crippen LogP contribution is -2.30. The molecule has 19 heteroatoms. The maximum atomic E-state index is 13.1. The lowest BCUT2D eigenvalue weighted by Gasteiger charge is -2.21. The summed E-state index contributed by atoms with van der Waals surface area (Å²) in [5.41, 5.74) is 0. The van der Waals surface area contributed by atoms with Crippen LogP contribution in [0.5, 0.6) is 0 Å². The van der Waals surface area contributed by atoms with Crippen LogP contribution < -0.4 is 0 Å². The maximum absolute atomic E-state index is 13.1. The molecule has 17 nitrogen and oxygen atoms in total. The van der Waals surface area contributed by atoms with E-state index in [-0.39, 0.29) is 25.7 Å². The topological polar surface area (TPSA) is 237 Å². The molecule has 0 aliphatic rings. The molecule has 2 unspecified atom stereocenters. The van der Waals surface area contributed by atoms with Gasteiger partial charge in [-0.25, -0.2) is 9.13 Å². The van der Waals surface area contributed by atoms with E-state index in [1.165, 1.54) is 289 Å². The van der Waals surface area contributed by atoms with Crippen LogP contribution in [0.25, 0.3) is 0 Å². The van der Waals surface area contributed by atoms with Gasteiger partial charge in [0.2, 0.25) is 0 Å². The van der Waals surface area contributed by atoms with Gasteiger partial charge in [0.1, 0.15) is 19.3 Å². The van der Waals surface area contributed by atoms with Crippen molar-refractivity contribution in [2.45, 2.75) is 483 Å². The molecule has 0 spiro atoms. The monoisotopic (exact) mass is 1540 g/mol. The third kappa shape index (κ3) is 79.9. The lowest BCUT2D eigenvalue weighted by molar-refractivity contribution is -0.161. The van der Waals surface area contributed by atoms with Gasteiger partial charge in [-0.15, -0.1) is 0 Å². The third-order valence-corrected chi connectivity index (χ3v) is 22.2. The van der Waals surface area contributed by atoms with Crippen molar-refractivity contribution in [2.24, 2.45) is 5.92 Å². The van der Waals surface area contributed by atoms with Crippen LogP contribution in [0.3, 0.4) is 0 Å². The number of hydrogen-bond acceptors (Lipinski definition) is 15. The fourth-order valence-electron chi connectivity index (χ4n) is 13.5. The summed E-state index contributed by atoms with van der Waals surface area (Å²) in [6, 6.07) is 0. The smallest absolute Gasteiger partial charge is 0.462 e. The van der Waals surface area contributed by atoms with E-state index in [0.29, 0.717) is 25.7 Å². The van der Waals surface area contributed by atoms with E-state index >= 15 is 0 Å². The molecule has 3 N–H and O–H groups in total. The first kappa shape index (κ1) is 103. The highest BCUT2D eigenvalue weighted by molar-refractivity contribution is 7.47. The molecule has 624 valence electrons. The number of ether oxygens (including phenoxy) is 4. The van der Waals surface area contributed by atoms with Gasteiger partial charge in [0, 0.05) is 25.7 Å². The van der Waals surface area contributed by atoms with Gasteiger partial charge in [0.05, 0.1) is 26.4 Å². The molecule has 0 aliphatic carbocycles. The third-order valence-electron chi connectivity index (χ3n) is 20.3. The van der Waals surface area contributed by atoms with E-state index in [9.17, 15) is 43.2 Å². The van der Waals surface area contributed by atoms with E-state index in [4.69, 9.17) is 37.0 Å². The summed E-state index contributed by atoms with van der Waals surface area (Å²) in [6.45, 7) is 7.35. The number of carbonyl (C=O) groups is 4. The van der Waals surface area contributed by atoms with Crippen molar-refractivity contribution >= 4 is 39.5 Å². The minimum Gasteiger partial charge on any atom is -0.462 e. The van der Waals surface area contributed by atoms with Crippen molar-refractivity contribution in [1.29, 1.82) is 0 Å². The van der Waals surface area contributed by atoms with E-state index in [0.717, 1.165) is 95.8 Å². The average molecular weight is 1540 g/mol. The molecule has 0 heterocycles. The zero-order chi connectivity index (χ0) is 76.9. The van der Waals surface area contributed by atoms with E-state index in [2.05, 4.69) is 34.6 Å². The molecule has 0 amide bonds.